The molecule has 0 aliphatic heterocycles. The lowest BCUT2D eigenvalue weighted by atomic mass is 10.1. The lowest BCUT2D eigenvalue weighted by Crippen LogP contribution is -2.04. The maximum absolute atomic E-state index is 9.19. The number of hydrogen-bond acceptors (Lipinski definition) is 3. The Hall–Kier alpha value is -2.28. The number of anilines is 1. The summed E-state index contributed by atoms with van der Waals surface area (Å²) in [4.78, 5) is 0. The van der Waals surface area contributed by atoms with Crippen molar-refractivity contribution in [3.63, 3.8) is 0 Å². The summed E-state index contributed by atoms with van der Waals surface area (Å²) in [6.07, 6.45) is 1.76. The number of aromatic nitrogens is 2. The summed E-state index contributed by atoms with van der Waals surface area (Å²) >= 11 is 0. The van der Waals surface area contributed by atoms with Gasteiger partial charge in [0.05, 0.1) is 16.9 Å². The Bertz CT molecular complexity index is 605. The number of benzene rings is 1. The summed E-state index contributed by atoms with van der Waals surface area (Å²) in [7, 11) is 0. The van der Waals surface area contributed by atoms with Gasteiger partial charge in [0.15, 0.2) is 0 Å². The Balaban J connectivity index is 2.61. The normalized spacial score (nSPS) is 10.3. The van der Waals surface area contributed by atoms with Crippen molar-refractivity contribution in [2.75, 3.05) is 5.73 Å². The predicted octanol–water partition coefficient (Wildman–Crippen LogP) is 2.45. The van der Waals surface area contributed by atoms with Gasteiger partial charge in [-0.15, -0.1) is 0 Å². The van der Waals surface area contributed by atoms with E-state index >= 15 is 0 Å². The van der Waals surface area contributed by atoms with Gasteiger partial charge in [-0.1, -0.05) is 13.8 Å². The van der Waals surface area contributed by atoms with E-state index in [0.29, 0.717) is 11.3 Å². The molecule has 2 rings (SSSR count). The first-order chi connectivity index (χ1) is 8.69. The zero-order valence-corrected chi connectivity index (χ0v) is 10.6. The highest BCUT2D eigenvalue weighted by Gasteiger charge is 2.11. The van der Waals surface area contributed by atoms with E-state index < -0.39 is 0 Å². The molecule has 4 nitrogen and oxygen atoms in total. The van der Waals surface area contributed by atoms with Gasteiger partial charge in [-0.05, 0) is 37.1 Å². The van der Waals surface area contributed by atoms with E-state index in [9.17, 15) is 5.26 Å². The van der Waals surface area contributed by atoms with Crippen LogP contribution in [0, 0.1) is 11.3 Å². The maximum Gasteiger partial charge on any atom is 0.101 e. The molecule has 0 saturated heterocycles. The number of aryl methyl sites for hydroxylation is 2. The molecule has 2 N–H and O–H groups in total. The number of rotatable bonds is 3. The molecule has 1 heterocycles. The van der Waals surface area contributed by atoms with E-state index in [1.165, 1.54) is 0 Å². The highest BCUT2D eigenvalue weighted by Crippen LogP contribution is 2.20. The Kier molecular flexibility index (Phi) is 3.33. The lowest BCUT2D eigenvalue weighted by molar-refractivity contribution is 0.792. The fourth-order valence-corrected chi connectivity index (χ4v) is 1.94. The smallest absolute Gasteiger partial charge is 0.101 e. The second-order valence-corrected chi connectivity index (χ2v) is 4.13. The van der Waals surface area contributed by atoms with Gasteiger partial charge in [0.1, 0.15) is 6.07 Å². The Morgan fingerprint density at radius 2 is 2.06 bits per heavy atom. The first kappa shape index (κ1) is 12.2. The van der Waals surface area contributed by atoms with Crippen LogP contribution in [-0.4, -0.2) is 9.78 Å². The third-order valence-corrected chi connectivity index (χ3v) is 2.93. The number of hydrogen-bond donors (Lipinski definition) is 1. The van der Waals surface area contributed by atoms with E-state index in [1.807, 2.05) is 10.7 Å². The van der Waals surface area contributed by atoms with Gasteiger partial charge in [-0.3, -0.25) is 0 Å². The third kappa shape index (κ3) is 2.07. The van der Waals surface area contributed by atoms with Crippen LogP contribution < -0.4 is 5.73 Å². The van der Waals surface area contributed by atoms with Crippen molar-refractivity contribution in [1.29, 1.82) is 5.26 Å². The molecule has 0 bridgehead atoms. The van der Waals surface area contributed by atoms with Gasteiger partial charge in [0.25, 0.3) is 0 Å². The first-order valence-electron chi connectivity index (χ1n) is 6.07. The van der Waals surface area contributed by atoms with Gasteiger partial charge in [0, 0.05) is 11.4 Å². The molecule has 0 aliphatic rings. The van der Waals surface area contributed by atoms with Crippen molar-refractivity contribution in [2.45, 2.75) is 26.7 Å². The van der Waals surface area contributed by atoms with Gasteiger partial charge < -0.3 is 5.73 Å². The summed E-state index contributed by atoms with van der Waals surface area (Å²) in [6.45, 7) is 4.15. The van der Waals surface area contributed by atoms with Crippen molar-refractivity contribution in [3.05, 3.63) is 41.2 Å². The van der Waals surface area contributed by atoms with Crippen LogP contribution in [0.15, 0.2) is 24.3 Å². The average molecular weight is 240 g/mol. The van der Waals surface area contributed by atoms with E-state index in [4.69, 9.17) is 5.73 Å². The first-order valence-corrected chi connectivity index (χ1v) is 6.07. The summed E-state index contributed by atoms with van der Waals surface area (Å²) in [6, 6.07) is 9.58. The molecule has 0 spiro atoms. The van der Waals surface area contributed by atoms with Crippen molar-refractivity contribution in [2.24, 2.45) is 0 Å². The van der Waals surface area contributed by atoms with Crippen LogP contribution in [0.1, 0.15) is 30.8 Å². The number of nitrogen functional groups attached to an aromatic ring is 1. The largest absolute Gasteiger partial charge is 0.399 e. The molecule has 1 aromatic carbocycles. The number of nitrogens with two attached hydrogens (primary N) is 1. The Labute approximate surface area is 107 Å². The van der Waals surface area contributed by atoms with Crippen molar-refractivity contribution in [1.82, 2.24) is 9.78 Å². The van der Waals surface area contributed by atoms with Crippen LogP contribution in [0.5, 0.6) is 0 Å². The highest BCUT2D eigenvalue weighted by molar-refractivity contribution is 5.57. The Morgan fingerprint density at radius 1 is 1.28 bits per heavy atom. The summed E-state index contributed by atoms with van der Waals surface area (Å²) in [5, 5.41) is 13.7. The molecule has 0 saturated carbocycles. The topological polar surface area (TPSA) is 67.6 Å². The van der Waals surface area contributed by atoms with Gasteiger partial charge >= 0.3 is 0 Å². The van der Waals surface area contributed by atoms with Crippen molar-refractivity contribution in [3.8, 4) is 11.8 Å². The SMILES string of the molecule is CCc1cc(CC)n(-c2ccc(N)cc2C#N)n1. The van der Waals surface area contributed by atoms with E-state index in [1.54, 1.807) is 12.1 Å². The maximum atomic E-state index is 9.19. The molecule has 2 aromatic rings. The summed E-state index contributed by atoms with van der Waals surface area (Å²) in [5.41, 5.74) is 9.78. The minimum absolute atomic E-state index is 0.551. The summed E-state index contributed by atoms with van der Waals surface area (Å²) in [5.74, 6) is 0. The highest BCUT2D eigenvalue weighted by atomic mass is 15.3. The monoisotopic (exact) mass is 240 g/mol. The minimum atomic E-state index is 0.551. The average Bonchev–Trinajstić information content (AvgIpc) is 2.81. The molecule has 0 fully saturated rings. The molecule has 4 heteroatoms. The van der Waals surface area contributed by atoms with Gasteiger partial charge in [0.2, 0.25) is 0 Å². The zero-order chi connectivity index (χ0) is 13.1. The second kappa shape index (κ2) is 4.92. The lowest BCUT2D eigenvalue weighted by Gasteiger charge is -2.08. The molecule has 0 amide bonds. The molecular weight excluding hydrogens is 224 g/mol. The molecule has 0 unspecified atom stereocenters. The van der Waals surface area contributed by atoms with Crippen LogP contribution in [0.2, 0.25) is 0 Å². The van der Waals surface area contributed by atoms with Crippen molar-refractivity contribution >= 4 is 5.69 Å². The second-order valence-electron chi connectivity index (χ2n) is 4.13. The molecular formula is C14H16N4. The molecule has 92 valence electrons. The van der Waals surface area contributed by atoms with E-state index in [-0.39, 0.29) is 0 Å². The fourth-order valence-electron chi connectivity index (χ4n) is 1.94. The minimum Gasteiger partial charge on any atom is -0.399 e. The zero-order valence-electron chi connectivity index (χ0n) is 10.6. The van der Waals surface area contributed by atoms with Gasteiger partial charge in [-0.25, -0.2) is 4.68 Å². The van der Waals surface area contributed by atoms with Crippen LogP contribution in [0.4, 0.5) is 5.69 Å². The molecule has 18 heavy (non-hydrogen) atoms. The third-order valence-electron chi connectivity index (χ3n) is 2.93. The fraction of sp³-hybridized carbons (Fsp3) is 0.286. The quantitative estimate of drug-likeness (QED) is 0.838. The van der Waals surface area contributed by atoms with Crippen LogP contribution in [-0.2, 0) is 12.8 Å². The van der Waals surface area contributed by atoms with Crippen LogP contribution in [0.25, 0.3) is 5.69 Å². The predicted molar refractivity (Wildman–Crippen MR) is 71.4 cm³/mol. The van der Waals surface area contributed by atoms with Crippen molar-refractivity contribution < 1.29 is 0 Å². The molecule has 0 aliphatic carbocycles. The van der Waals surface area contributed by atoms with Crippen LogP contribution >= 0.6 is 0 Å². The number of nitrogens with zero attached hydrogens (tertiary/aromatic N) is 3. The molecule has 0 atom stereocenters. The Morgan fingerprint density at radius 3 is 2.67 bits per heavy atom. The standard InChI is InChI=1S/C14H16N4/c1-3-12-8-13(4-2)18(17-12)14-6-5-11(16)7-10(14)9-15/h5-8H,3-4,16H2,1-2H3. The molecule has 1 aromatic heterocycles. The van der Waals surface area contributed by atoms with Gasteiger partial charge in [-0.2, -0.15) is 10.4 Å². The summed E-state index contributed by atoms with van der Waals surface area (Å²) < 4.78 is 1.84. The van der Waals surface area contributed by atoms with Crippen LogP contribution in [0.3, 0.4) is 0 Å². The van der Waals surface area contributed by atoms with E-state index in [0.717, 1.165) is 29.9 Å². The molecule has 0 radical (unpaired) electrons. The number of nitriles is 1. The van der Waals surface area contributed by atoms with E-state index in [2.05, 4.69) is 31.1 Å².